The largest absolute Gasteiger partial charge is 0.497 e. The van der Waals surface area contributed by atoms with E-state index in [-0.39, 0.29) is 6.42 Å². The molecule has 0 aromatic heterocycles. The van der Waals surface area contributed by atoms with Gasteiger partial charge in [0.2, 0.25) is 0 Å². The van der Waals surface area contributed by atoms with Gasteiger partial charge < -0.3 is 15.2 Å². The van der Waals surface area contributed by atoms with Gasteiger partial charge in [-0.2, -0.15) is 0 Å². The van der Waals surface area contributed by atoms with E-state index in [4.69, 9.17) is 4.74 Å². The van der Waals surface area contributed by atoms with Gasteiger partial charge in [-0.05, 0) is 43.7 Å². The van der Waals surface area contributed by atoms with Crippen LogP contribution in [0.15, 0.2) is 48.5 Å². The first-order valence-electron chi connectivity index (χ1n) is 7.14. The molecule has 22 heavy (non-hydrogen) atoms. The van der Waals surface area contributed by atoms with E-state index < -0.39 is 11.5 Å². The molecule has 0 bridgehead atoms. The van der Waals surface area contributed by atoms with E-state index in [0.29, 0.717) is 5.69 Å². The summed E-state index contributed by atoms with van der Waals surface area (Å²) in [7, 11) is 1.60. The van der Waals surface area contributed by atoms with Crippen LogP contribution in [0.25, 0.3) is 0 Å². The highest BCUT2D eigenvalue weighted by Gasteiger charge is 2.30. The van der Waals surface area contributed by atoms with E-state index in [0.717, 1.165) is 16.9 Å². The minimum absolute atomic E-state index is 0.231. The zero-order valence-corrected chi connectivity index (χ0v) is 13.1. The predicted octanol–water partition coefficient (Wildman–Crippen LogP) is 2.94. The molecule has 0 aliphatic rings. The second kappa shape index (κ2) is 6.62. The van der Waals surface area contributed by atoms with Gasteiger partial charge in [0, 0.05) is 12.1 Å². The van der Waals surface area contributed by atoms with Crippen LogP contribution in [0.5, 0.6) is 5.75 Å². The summed E-state index contributed by atoms with van der Waals surface area (Å²) in [6, 6.07) is 14.8. The van der Waals surface area contributed by atoms with Gasteiger partial charge in [0.05, 0.1) is 7.11 Å². The first-order chi connectivity index (χ1) is 10.4. The Morgan fingerprint density at radius 3 is 2.27 bits per heavy atom. The van der Waals surface area contributed by atoms with Crippen molar-refractivity contribution in [2.45, 2.75) is 25.9 Å². The molecule has 0 unspecified atom stereocenters. The van der Waals surface area contributed by atoms with E-state index in [1.807, 2.05) is 55.5 Å². The summed E-state index contributed by atoms with van der Waals surface area (Å²) < 4.78 is 5.09. The molecule has 116 valence electrons. The third-order valence-electron chi connectivity index (χ3n) is 3.51. The number of benzene rings is 2. The zero-order chi connectivity index (χ0) is 16.2. The van der Waals surface area contributed by atoms with Crippen molar-refractivity contribution in [3.63, 3.8) is 0 Å². The summed E-state index contributed by atoms with van der Waals surface area (Å²) in [6.45, 7) is 3.49. The normalized spacial score (nSPS) is 13.3. The number of anilines is 1. The second-order valence-corrected chi connectivity index (χ2v) is 5.62. The van der Waals surface area contributed by atoms with E-state index in [1.54, 1.807) is 7.11 Å². The second-order valence-electron chi connectivity index (χ2n) is 5.62. The third-order valence-corrected chi connectivity index (χ3v) is 3.51. The van der Waals surface area contributed by atoms with E-state index >= 15 is 0 Å². The highest BCUT2D eigenvalue weighted by atomic mass is 16.5. The van der Waals surface area contributed by atoms with Crippen molar-refractivity contribution >= 4 is 11.6 Å². The van der Waals surface area contributed by atoms with Gasteiger partial charge in [0.15, 0.2) is 0 Å². The molecule has 2 rings (SSSR count). The maximum absolute atomic E-state index is 12.3. The topological polar surface area (TPSA) is 58.6 Å². The quantitative estimate of drug-likeness (QED) is 0.892. The van der Waals surface area contributed by atoms with Crippen molar-refractivity contribution in [1.82, 2.24) is 0 Å². The van der Waals surface area contributed by atoms with Gasteiger partial charge in [-0.25, -0.2) is 0 Å². The Labute approximate surface area is 130 Å². The highest BCUT2D eigenvalue weighted by molar-refractivity contribution is 5.97. The first kappa shape index (κ1) is 16.0. The number of hydrogen-bond acceptors (Lipinski definition) is 3. The van der Waals surface area contributed by atoms with Crippen LogP contribution in [0.1, 0.15) is 18.1 Å². The number of carbonyl (C=O) groups is 1. The Morgan fingerprint density at radius 1 is 1.14 bits per heavy atom. The number of aryl methyl sites for hydroxylation is 1. The van der Waals surface area contributed by atoms with Crippen molar-refractivity contribution in [1.29, 1.82) is 0 Å². The molecule has 1 amide bonds. The van der Waals surface area contributed by atoms with Crippen LogP contribution in [-0.4, -0.2) is 23.7 Å². The van der Waals surface area contributed by atoms with Gasteiger partial charge in [0.1, 0.15) is 11.4 Å². The van der Waals surface area contributed by atoms with Crippen molar-refractivity contribution in [3.05, 3.63) is 59.7 Å². The molecule has 2 N–H and O–H groups in total. The number of hydrogen-bond donors (Lipinski definition) is 2. The summed E-state index contributed by atoms with van der Waals surface area (Å²) in [4.78, 5) is 12.3. The average molecular weight is 299 g/mol. The van der Waals surface area contributed by atoms with Crippen molar-refractivity contribution < 1.29 is 14.6 Å². The number of carbonyl (C=O) groups excluding carboxylic acids is 1. The SMILES string of the molecule is COc1ccc(C[C@](C)(O)C(=O)Nc2ccc(C)cc2)cc1. The Morgan fingerprint density at radius 2 is 1.73 bits per heavy atom. The number of rotatable bonds is 5. The van der Waals surface area contributed by atoms with Crippen LogP contribution in [0, 0.1) is 6.92 Å². The monoisotopic (exact) mass is 299 g/mol. The zero-order valence-electron chi connectivity index (χ0n) is 13.1. The molecule has 4 heteroatoms. The number of ether oxygens (including phenoxy) is 1. The van der Waals surface area contributed by atoms with Crippen LogP contribution in [0.2, 0.25) is 0 Å². The molecule has 0 heterocycles. The average Bonchev–Trinajstić information content (AvgIpc) is 2.50. The van der Waals surface area contributed by atoms with E-state index in [1.165, 1.54) is 6.92 Å². The minimum Gasteiger partial charge on any atom is -0.497 e. The lowest BCUT2D eigenvalue weighted by molar-refractivity contribution is -0.132. The molecule has 2 aromatic rings. The van der Waals surface area contributed by atoms with Crippen molar-refractivity contribution in [2.24, 2.45) is 0 Å². The molecule has 0 aliphatic heterocycles. The van der Waals surface area contributed by atoms with Crippen molar-refractivity contribution in [3.8, 4) is 5.75 Å². The molecule has 0 aliphatic carbocycles. The van der Waals surface area contributed by atoms with Gasteiger partial charge in [-0.15, -0.1) is 0 Å². The number of methoxy groups -OCH3 is 1. The molecular formula is C18H21NO3. The fourth-order valence-corrected chi connectivity index (χ4v) is 2.12. The Kier molecular flexibility index (Phi) is 4.83. The number of nitrogens with one attached hydrogen (secondary N) is 1. The van der Waals surface area contributed by atoms with Crippen molar-refractivity contribution in [2.75, 3.05) is 12.4 Å². The van der Waals surface area contributed by atoms with E-state index in [2.05, 4.69) is 5.32 Å². The Hall–Kier alpha value is -2.33. The lowest BCUT2D eigenvalue weighted by atomic mass is 9.95. The fraction of sp³-hybridized carbons (Fsp3) is 0.278. The molecule has 0 radical (unpaired) electrons. The fourth-order valence-electron chi connectivity index (χ4n) is 2.12. The summed E-state index contributed by atoms with van der Waals surface area (Å²) in [5, 5.41) is 13.2. The lowest BCUT2D eigenvalue weighted by Crippen LogP contribution is -2.42. The number of aliphatic hydroxyl groups is 1. The van der Waals surface area contributed by atoms with E-state index in [9.17, 15) is 9.90 Å². The molecule has 0 saturated carbocycles. The summed E-state index contributed by atoms with van der Waals surface area (Å²) in [6.07, 6.45) is 0.231. The third kappa shape index (κ3) is 4.09. The molecule has 4 nitrogen and oxygen atoms in total. The van der Waals surface area contributed by atoms with Gasteiger partial charge in [-0.1, -0.05) is 29.8 Å². The van der Waals surface area contributed by atoms with Crippen LogP contribution >= 0.6 is 0 Å². The van der Waals surface area contributed by atoms with Gasteiger partial charge >= 0.3 is 0 Å². The van der Waals surface area contributed by atoms with Crippen LogP contribution < -0.4 is 10.1 Å². The number of amides is 1. The molecule has 2 aromatic carbocycles. The minimum atomic E-state index is -1.49. The molecular weight excluding hydrogens is 278 g/mol. The summed E-state index contributed by atoms with van der Waals surface area (Å²) in [5.74, 6) is 0.319. The van der Waals surface area contributed by atoms with Gasteiger partial charge in [-0.3, -0.25) is 4.79 Å². The molecule has 0 fully saturated rings. The Bertz CT molecular complexity index is 630. The van der Waals surface area contributed by atoms with Crippen LogP contribution in [0.4, 0.5) is 5.69 Å². The maximum Gasteiger partial charge on any atom is 0.256 e. The first-order valence-corrected chi connectivity index (χ1v) is 7.14. The Balaban J connectivity index is 2.04. The van der Waals surface area contributed by atoms with Crippen LogP contribution in [0.3, 0.4) is 0 Å². The predicted molar refractivity (Wildman–Crippen MR) is 87.1 cm³/mol. The lowest BCUT2D eigenvalue weighted by Gasteiger charge is -2.22. The molecule has 0 spiro atoms. The van der Waals surface area contributed by atoms with Gasteiger partial charge in [0.25, 0.3) is 5.91 Å². The maximum atomic E-state index is 12.3. The molecule has 1 atom stereocenters. The smallest absolute Gasteiger partial charge is 0.256 e. The summed E-state index contributed by atoms with van der Waals surface area (Å²) >= 11 is 0. The highest BCUT2D eigenvalue weighted by Crippen LogP contribution is 2.19. The molecule has 0 saturated heterocycles. The standard InChI is InChI=1S/C18H21NO3/c1-13-4-8-15(9-5-13)19-17(20)18(2,21)12-14-6-10-16(22-3)11-7-14/h4-11,21H,12H2,1-3H3,(H,19,20)/t18-/m0/s1. The summed E-state index contributed by atoms with van der Waals surface area (Å²) in [5.41, 5.74) is 1.16. The van der Waals surface area contributed by atoms with Crippen LogP contribution in [-0.2, 0) is 11.2 Å².